The third kappa shape index (κ3) is 4.05. The van der Waals surface area contributed by atoms with Crippen LogP contribution in [0.1, 0.15) is 29.8 Å². The second-order valence-electron chi connectivity index (χ2n) is 6.20. The fourth-order valence-corrected chi connectivity index (χ4v) is 2.92. The van der Waals surface area contributed by atoms with Crippen LogP contribution in [0.2, 0.25) is 0 Å². The Hall–Kier alpha value is -2.25. The summed E-state index contributed by atoms with van der Waals surface area (Å²) in [6.07, 6.45) is 1.79. The van der Waals surface area contributed by atoms with Crippen LogP contribution in [0, 0.1) is 5.92 Å². The van der Waals surface area contributed by atoms with Gasteiger partial charge in [-0.15, -0.1) is 0 Å². The SMILES string of the molecule is CC(C)[C@H]1COc2cc(C(=O)NO)ccc2CN1c1ccccn1.S. The summed E-state index contributed by atoms with van der Waals surface area (Å²) in [5.74, 6) is 1.40. The lowest BCUT2D eigenvalue weighted by molar-refractivity contribution is 0.0706. The van der Waals surface area contributed by atoms with E-state index in [9.17, 15) is 4.79 Å². The molecule has 0 spiro atoms. The second-order valence-corrected chi connectivity index (χ2v) is 6.20. The van der Waals surface area contributed by atoms with Crippen LogP contribution in [-0.4, -0.2) is 28.7 Å². The lowest BCUT2D eigenvalue weighted by atomic mass is 10.0. The Kier molecular flexibility index (Phi) is 6.27. The lowest BCUT2D eigenvalue weighted by Crippen LogP contribution is -2.41. The first-order chi connectivity index (χ1) is 11.6. The summed E-state index contributed by atoms with van der Waals surface area (Å²) in [5.41, 5.74) is 3.00. The number of rotatable bonds is 3. The summed E-state index contributed by atoms with van der Waals surface area (Å²) in [4.78, 5) is 18.3. The number of benzene rings is 1. The van der Waals surface area contributed by atoms with Gasteiger partial charge in [0, 0.05) is 23.9 Å². The number of carbonyl (C=O) groups excluding carboxylic acids is 1. The summed E-state index contributed by atoms with van der Waals surface area (Å²) in [6, 6.07) is 11.2. The summed E-state index contributed by atoms with van der Waals surface area (Å²) in [7, 11) is 0. The number of fused-ring (bicyclic) bond motifs is 1. The Morgan fingerprint density at radius 1 is 1.36 bits per heavy atom. The predicted octanol–water partition coefficient (Wildman–Crippen LogP) is 2.74. The minimum absolute atomic E-state index is 0. The van der Waals surface area contributed by atoms with Gasteiger partial charge in [-0.1, -0.05) is 26.0 Å². The van der Waals surface area contributed by atoms with E-state index in [4.69, 9.17) is 9.94 Å². The van der Waals surface area contributed by atoms with Crippen LogP contribution in [0.4, 0.5) is 5.82 Å². The van der Waals surface area contributed by atoms with Gasteiger partial charge in [0.15, 0.2) is 0 Å². The van der Waals surface area contributed by atoms with Gasteiger partial charge < -0.3 is 9.64 Å². The average molecular weight is 361 g/mol. The van der Waals surface area contributed by atoms with Crippen LogP contribution in [0.3, 0.4) is 0 Å². The number of carbonyl (C=O) groups is 1. The maximum atomic E-state index is 11.6. The van der Waals surface area contributed by atoms with E-state index in [2.05, 4.69) is 23.7 Å². The van der Waals surface area contributed by atoms with Crippen molar-refractivity contribution in [3.8, 4) is 5.75 Å². The van der Waals surface area contributed by atoms with Crippen LogP contribution in [0.25, 0.3) is 0 Å². The topological polar surface area (TPSA) is 74.7 Å². The fourth-order valence-electron chi connectivity index (χ4n) is 2.92. The highest BCUT2D eigenvalue weighted by molar-refractivity contribution is 7.59. The molecule has 1 aliphatic heterocycles. The highest BCUT2D eigenvalue weighted by Gasteiger charge is 2.28. The standard InChI is InChI=1S/C18H21N3O3.H2S/c1-12(2)15-11-24-16-9-13(18(22)20-23)6-7-14(16)10-21(15)17-5-3-4-8-19-17;/h3-9,12,15,23H,10-11H2,1-2H3,(H,20,22);1H2/t15-;/m1./s1. The summed E-state index contributed by atoms with van der Waals surface area (Å²) in [6.45, 7) is 5.47. The number of nitrogens with one attached hydrogen (secondary N) is 1. The van der Waals surface area contributed by atoms with E-state index in [0.717, 1.165) is 11.4 Å². The number of hydroxylamine groups is 1. The van der Waals surface area contributed by atoms with E-state index in [1.165, 1.54) is 0 Å². The molecule has 1 atom stereocenters. The van der Waals surface area contributed by atoms with E-state index < -0.39 is 5.91 Å². The van der Waals surface area contributed by atoms with Crippen LogP contribution in [-0.2, 0) is 6.54 Å². The second kappa shape index (κ2) is 8.22. The largest absolute Gasteiger partial charge is 0.491 e. The quantitative estimate of drug-likeness (QED) is 0.649. The molecule has 25 heavy (non-hydrogen) atoms. The van der Waals surface area contributed by atoms with Gasteiger partial charge in [-0.25, -0.2) is 10.5 Å². The van der Waals surface area contributed by atoms with Gasteiger partial charge in [-0.3, -0.25) is 10.0 Å². The van der Waals surface area contributed by atoms with Gasteiger partial charge in [-0.05, 0) is 30.2 Å². The van der Waals surface area contributed by atoms with Gasteiger partial charge in [0.1, 0.15) is 18.2 Å². The van der Waals surface area contributed by atoms with Crippen molar-refractivity contribution in [1.82, 2.24) is 10.5 Å². The molecule has 2 N–H and O–H groups in total. The number of pyridine rings is 1. The number of nitrogens with zero attached hydrogens (tertiary/aromatic N) is 2. The molecular weight excluding hydrogens is 338 g/mol. The molecule has 0 aliphatic carbocycles. The van der Waals surface area contributed by atoms with E-state index in [1.54, 1.807) is 23.8 Å². The maximum absolute atomic E-state index is 11.6. The van der Waals surface area contributed by atoms with Crippen LogP contribution in [0.15, 0.2) is 42.6 Å². The van der Waals surface area contributed by atoms with Crippen LogP contribution < -0.4 is 15.1 Å². The number of amides is 1. The molecule has 3 rings (SSSR count). The first kappa shape index (κ1) is 19.1. The van der Waals surface area contributed by atoms with Gasteiger partial charge in [0.05, 0.1) is 6.04 Å². The summed E-state index contributed by atoms with van der Waals surface area (Å²) < 4.78 is 5.98. The minimum Gasteiger partial charge on any atom is -0.491 e. The number of ether oxygens (including phenoxy) is 1. The maximum Gasteiger partial charge on any atom is 0.274 e. The molecule has 1 aromatic heterocycles. The average Bonchev–Trinajstić information content (AvgIpc) is 2.80. The summed E-state index contributed by atoms with van der Waals surface area (Å²) >= 11 is 0. The molecule has 2 aromatic rings. The zero-order valence-corrected chi connectivity index (χ0v) is 15.3. The van der Waals surface area contributed by atoms with E-state index >= 15 is 0 Å². The minimum atomic E-state index is -0.548. The third-order valence-corrected chi connectivity index (χ3v) is 4.29. The van der Waals surface area contributed by atoms with Gasteiger partial charge >= 0.3 is 0 Å². The first-order valence-corrected chi connectivity index (χ1v) is 7.98. The molecule has 0 saturated carbocycles. The molecule has 1 aliphatic rings. The first-order valence-electron chi connectivity index (χ1n) is 7.98. The normalized spacial score (nSPS) is 16.3. The van der Waals surface area contributed by atoms with Crippen molar-refractivity contribution in [3.05, 3.63) is 53.7 Å². The number of anilines is 1. The molecule has 0 fully saturated rings. The Bertz CT molecular complexity index is 725. The Labute approximate surface area is 154 Å². The van der Waals surface area contributed by atoms with E-state index in [1.807, 2.05) is 24.3 Å². The van der Waals surface area contributed by atoms with Crippen molar-refractivity contribution in [2.75, 3.05) is 11.5 Å². The third-order valence-electron chi connectivity index (χ3n) is 4.29. The van der Waals surface area contributed by atoms with Crippen molar-refractivity contribution in [3.63, 3.8) is 0 Å². The van der Waals surface area contributed by atoms with Crippen LogP contribution in [0.5, 0.6) is 5.75 Å². The molecule has 1 aromatic carbocycles. The smallest absolute Gasteiger partial charge is 0.274 e. The van der Waals surface area contributed by atoms with Gasteiger partial charge in [-0.2, -0.15) is 13.5 Å². The lowest BCUT2D eigenvalue weighted by Gasteiger charge is -2.32. The highest BCUT2D eigenvalue weighted by Crippen LogP contribution is 2.31. The summed E-state index contributed by atoms with van der Waals surface area (Å²) in [5, 5.41) is 8.80. The predicted molar refractivity (Wildman–Crippen MR) is 101 cm³/mol. The van der Waals surface area contributed by atoms with Crippen molar-refractivity contribution in [1.29, 1.82) is 0 Å². The number of hydrogen-bond donors (Lipinski definition) is 2. The number of hydrogen-bond acceptors (Lipinski definition) is 5. The van der Waals surface area contributed by atoms with Gasteiger partial charge in [0.2, 0.25) is 0 Å². The fraction of sp³-hybridized carbons (Fsp3) is 0.333. The zero-order chi connectivity index (χ0) is 17.1. The molecule has 2 heterocycles. The van der Waals surface area contributed by atoms with E-state index in [-0.39, 0.29) is 19.5 Å². The highest BCUT2D eigenvalue weighted by atomic mass is 32.1. The van der Waals surface area contributed by atoms with Crippen molar-refractivity contribution in [2.24, 2.45) is 5.92 Å². The Morgan fingerprint density at radius 3 is 2.80 bits per heavy atom. The number of aromatic nitrogens is 1. The van der Waals surface area contributed by atoms with Crippen molar-refractivity contribution in [2.45, 2.75) is 26.4 Å². The molecule has 0 unspecified atom stereocenters. The van der Waals surface area contributed by atoms with Crippen molar-refractivity contribution < 1.29 is 14.7 Å². The molecule has 1 amide bonds. The Balaban J connectivity index is 0.00000225. The molecule has 0 saturated heterocycles. The molecular formula is C18H23N3O3S. The van der Waals surface area contributed by atoms with E-state index in [0.29, 0.717) is 30.4 Å². The zero-order valence-electron chi connectivity index (χ0n) is 14.3. The molecule has 134 valence electrons. The van der Waals surface area contributed by atoms with Crippen molar-refractivity contribution >= 4 is 25.2 Å². The van der Waals surface area contributed by atoms with Crippen LogP contribution >= 0.6 is 13.5 Å². The molecule has 0 radical (unpaired) electrons. The molecule has 7 heteroatoms. The van der Waals surface area contributed by atoms with Gasteiger partial charge in [0.25, 0.3) is 5.91 Å². The molecule has 6 nitrogen and oxygen atoms in total. The Morgan fingerprint density at radius 2 is 2.16 bits per heavy atom. The molecule has 0 bridgehead atoms. The monoisotopic (exact) mass is 361 g/mol.